The van der Waals surface area contributed by atoms with Gasteiger partial charge in [-0.15, -0.1) is 0 Å². The molecule has 3 heteroatoms. The van der Waals surface area contributed by atoms with Gasteiger partial charge in [0.1, 0.15) is 9.36 Å². The van der Waals surface area contributed by atoms with Gasteiger partial charge in [-0.2, -0.15) is 0 Å². The summed E-state index contributed by atoms with van der Waals surface area (Å²) in [4.78, 5) is 0. The third-order valence-corrected chi connectivity index (χ3v) is 2.36. The van der Waals surface area contributed by atoms with E-state index < -0.39 is 3.61 Å². The second kappa shape index (κ2) is 3.22. The number of rotatable bonds is 1. The van der Waals surface area contributed by atoms with Gasteiger partial charge in [0.25, 0.3) is 0 Å². The Morgan fingerprint density at radius 2 is 2.00 bits per heavy atom. The van der Waals surface area contributed by atoms with Gasteiger partial charge >= 0.3 is 0 Å². The Labute approximate surface area is 85.4 Å². The Morgan fingerprint density at radius 1 is 1.42 bits per heavy atom. The van der Waals surface area contributed by atoms with Crippen LogP contribution in [0.5, 0.6) is 5.75 Å². The summed E-state index contributed by atoms with van der Waals surface area (Å²) in [5.74, 6) is 0.226. The van der Waals surface area contributed by atoms with Crippen LogP contribution in [0.15, 0.2) is 18.2 Å². The van der Waals surface area contributed by atoms with Crippen LogP contribution in [0.1, 0.15) is 18.1 Å². The Bertz CT molecular complexity index is 289. The largest absolute Gasteiger partial charge is 0.508 e. The molecule has 0 spiro atoms. The number of phenolic OH excluding ortho intramolecular Hbond substituents is 1. The standard InChI is InChI=1S/C9H11IO2/c1-6-3-4-7(5-8(6)11)9(2,10)12/h3-5,11-12H,1-2H3. The summed E-state index contributed by atoms with van der Waals surface area (Å²) in [5, 5.41) is 18.9. The molecule has 0 fully saturated rings. The van der Waals surface area contributed by atoms with Crippen molar-refractivity contribution in [1.29, 1.82) is 0 Å². The molecule has 0 saturated carbocycles. The summed E-state index contributed by atoms with van der Waals surface area (Å²) < 4.78 is -0.914. The monoisotopic (exact) mass is 278 g/mol. The molecule has 1 rings (SSSR count). The van der Waals surface area contributed by atoms with Crippen molar-refractivity contribution in [1.82, 2.24) is 0 Å². The highest BCUT2D eigenvalue weighted by Gasteiger charge is 2.18. The van der Waals surface area contributed by atoms with E-state index in [9.17, 15) is 10.2 Å². The number of halogens is 1. The number of hydrogen-bond donors (Lipinski definition) is 2. The van der Waals surface area contributed by atoms with Crippen LogP contribution in [0.3, 0.4) is 0 Å². The highest BCUT2D eigenvalue weighted by Crippen LogP contribution is 2.31. The van der Waals surface area contributed by atoms with Gasteiger partial charge in [-0.25, -0.2) is 0 Å². The fourth-order valence-electron chi connectivity index (χ4n) is 0.893. The highest BCUT2D eigenvalue weighted by molar-refractivity contribution is 14.1. The predicted octanol–water partition coefficient (Wildman–Crippen LogP) is 2.30. The number of aromatic hydroxyl groups is 1. The molecule has 0 aliphatic rings. The van der Waals surface area contributed by atoms with Gasteiger partial charge in [0.15, 0.2) is 0 Å². The van der Waals surface area contributed by atoms with E-state index >= 15 is 0 Å². The van der Waals surface area contributed by atoms with Gasteiger partial charge in [0.2, 0.25) is 0 Å². The van der Waals surface area contributed by atoms with Crippen molar-refractivity contribution >= 4 is 22.6 Å². The summed E-state index contributed by atoms with van der Waals surface area (Å²) in [6.07, 6.45) is 0. The molecule has 1 aromatic rings. The van der Waals surface area contributed by atoms with E-state index in [1.165, 1.54) is 0 Å². The predicted molar refractivity (Wildman–Crippen MR) is 56.4 cm³/mol. The molecule has 66 valence electrons. The van der Waals surface area contributed by atoms with E-state index in [0.717, 1.165) is 5.56 Å². The van der Waals surface area contributed by atoms with Crippen LogP contribution in [0.2, 0.25) is 0 Å². The van der Waals surface area contributed by atoms with Crippen LogP contribution < -0.4 is 0 Å². The number of benzene rings is 1. The van der Waals surface area contributed by atoms with Crippen molar-refractivity contribution in [3.63, 3.8) is 0 Å². The van der Waals surface area contributed by atoms with Gasteiger partial charge in [-0.05, 0) is 53.6 Å². The molecule has 0 aliphatic heterocycles. The molecular weight excluding hydrogens is 267 g/mol. The molecule has 2 nitrogen and oxygen atoms in total. The van der Waals surface area contributed by atoms with Crippen LogP contribution in [0.4, 0.5) is 0 Å². The molecule has 12 heavy (non-hydrogen) atoms. The first kappa shape index (κ1) is 9.80. The van der Waals surface area contributed by atoms with Gasteiger partial charge in [0, 0.05) is 0 Å². The van der Waals surface area contributed by atoms with E-state index in [2.05, 4.69) is 0 Å². The topological polar surface area (TPSA) is 40.5 Å². The Kier molecular flexibility index (Phi) is 2.63. The van der Waals surface area contributed by atoms with E-state index in [0.29, 0.717) is 5.56 Å². The number of hydrogen-bond acceptors (Lipinski definition) is 2. The first-order valence-corrected chi connectivity index (χ1v) is 4.70. The third-order valence-electron chi connectivity index (χ3n) is 1.74. The molecular formula is C9H11IO2. The maximum atomic E-state index is 9.58. The van der Waals surface area contributed by atoms with Crippen LogP contribution in [0.25, 0.3) is 0 Å². The van der Waals surface area contributed by atoms with Gasteiger partial charge < -0.3 is 10.2 Å². The second-order valence-electron chi connectivity index (χ2n) is 2.95. The minimum atomic E-state index is -0.914. The Balaban J connectivity index is 3.14. The molecule has 0 aromatic heterocycles. The summed E-state index contributed by atoms with van der Waals surface area (Å²) in [5.41, 5.74) is 1.53. The second-order valence-corrected chi connectivity index (χ2v) is 5.06. The lowest BCUT2D eigenvalue weighted by Gasteiger charge is -2.16. The molecule has 0 radical (unpaired) electrons. The molecule has 0 aliphatic carbocycles. The molecule has 1 atom stereocenters. The average molecular weight is 278 g/mol. The quantitative estimate of drug-likeness (QED) is 0.611. The third kappa shape index (κ3) is 2.10. The molecule has 0 bridgehead atoms. The number of aliphatic hydroxyl groups is 1. The van der Waals surface area contributed by atoms with Gasteiger partial charge in [-0.1, -0.05) is 12.1 Å². The number of aryl methyl sites for hydroxylation is 1. The van der Waals surface area contributed by atoms with Crippen LogP contribution in [-0.2, 0) is 3.61 Å². The lowest BCUT2D eigenvalue weighted by molar-refractivity contribution is 0.178. The summed E-state index contributed by atoms with van der Waals surface area (Å²) in [7, 11) is 0. The summed E-state index contributed by atoms with van der Waals surface area (Å²) in [6, 6.07) is 5.18. The Morgan fingerprint density at radius 3 is 2.42 bits per heavy atom. The SMILES string of the molecule is Cc1ccc(C(C)(O)I)cc1O. The fraction of sp³-hybridized carbons (Fsp3) is 0.333. The van der Waals surface area contributed by atoms with Gasteiger partial charge in [0.05, 0.1) is 0 Å². The summed E-state index contributed by atoms with van der Waals surface area (Å²) >= 11 is 1.92. The van der Waals surface area contributed by atoms with E-state index in [1.54, 1.807) is 19.1 Å². The fourth-order valence-corrected chi connectivity index (χ4v) is 1.23. The van der Waals surface area contributed by atoms with Crippen LogP contribution in [0, 0.1) is 6.92 Å². The molecule has 0 amide bonds. The first-order chi connectivity index (χ1) is 5.41. The number of phenols is 1. The maximum absolute atomic E-state index is 9.58. The lowest BCUT2D eigenvalue weighted by Crippen LogP contribution is -2.10. The normalized spacial score (nSPS) is 15.7. The first-order valence-electron chi connectivity index (χ1n) is 3.62. The Hall–Kier alpha value is -0.290. The van der Waals surface area contributed by atoms with Crippen molar-refractivity contribution in [2.24, 2.45) is 0 Å². The minimum absolute atomic E-state index is 0.226. The van der Waals surface area contributed by atoms with Crippen molar-refractivity contribution in [2.45, 2.75) is 17.5 Å². The zero-order chi connectivity index (χ0) is 9.35. The molecule has 0 heterocycles. The van der Waals surface area contributed by atoms with Crippen molar-refractivity contribution < 1.29 is 10.2 Å². The zero-order valence-electron chi connectivity index (χ0n) is 7.00. The summed E-state index contributed by atoms with van der Waals surface area (Å²) in [6.45, 7) is 3.50. The van der Waals surface area contributed by atoms with Crippen molar-refractivity contribution in [2.75, 3.05) is 0 Å². The smallest absolute Gasteiger partial charge is 0.138 e. The van der Waals surface area contributed by atoms with E-state index in [-0.39, 0.29) is 5.75 Å². The van der Waals surface area contributed by atoms with Crippen molar-refractivity contribution in [3.8, 4) is 5.75 Å². The van der Waals surface area contributed by atoms with E-state index in [1.807, 2.05) is 35.6 Å². The minimum Gasteiger partial charge on any atom is -0.508 e. The molecule has 0 saturated heterocycles. The van der Waals surface area contributed by atoms with Gasteiger partial charge in [-0.3, -0.25) is 0 Å². The van der Waals surface area contributed by atoms with Crippen LogP contribution >= 0.6 is 22.6 Å². The maximum Gasteiger partial charge on any atom is 0.138 e. The highest BCUT2D eigenvalue weighted by atomic mass is 127. The number of alkyl halides is 1. The van der Waals surface area contributed by atoms with E-state index in [4.69, 9.17) is 0 Å². The molecule has 2 N–H and O–H groups in total. The lowest BCUT2D eigenvalue weighted by atomic mass is 10.1. The van der Waals surface area contributed by atoms with Crippen molar-refractivity contribution in [3.05, 3.63) is 29.3 Å². The average Bonchev–Trinajstić information content (AvgIpc) is 1.92. The molecule has 1 aromatic carbocycles. The zero-order valence-corrected chi connectivity index (χ0v) is 9.16. The van der Waals surface area contributed by atoms with Crippen LogP contribution in [-0.4, -0.2) is 10.2 Å². The molecule has 1 unspecified atom stereocenters.